The second-order valence-corrected chi connectivity index (χ2v) is 6.79. The number of ether oxygens (including phenoxy) is 2. The molecule has 1 amide bonds. The van der Waals surface area contributed by atoms with Crippen LogP contribution >= 0.6 is 11.6 Å². The van der Waals surface area contributed by atoms with E-state index in [2.05, 4.69) is 15.0 Å². The standard InChI is InChI=1S/C20H20ClF3N2O4/c1-13-2-4-14(5-3-13)6-7-17(27)25-8-9-29-19(28)15-10-16(21)18(26-11-15)30-12-20(22,23)24/h2-5,10-11H,6-9,12H2,1H3,(H,25,27). The lowest BCUT2D eigenvalue weighted by Crippen LogP contribution is -2.28. The molecule has 1 aromatic heterocycles. The maximum Gasteiger partial charge on any atom is 0.422 e. The van der Waals surface area contributed by atoms with Crippen molar-refractivity contribution in [2.75, 3.05) is 19.8 Å². The zero-order valence-corrected chi connectivity index (χ0v) is 16.8. The zero-order valence-electron chi connectivity index (χ0n) is 16.1. The van der Waals surface area contributed by atoms with Gasteiger partial charge < -0.3 is 14.8 Å². The molecule has 0 bridgehead atoms. The number of aryl methyl sites for hydroxylation is 2. The molecule has 6 nitrogen and oxygen atoms in total. The van der Waals surface area contributed by atoms with Crippen LogP contribution in [0.1, 0.15) is 27.9 Å². The van der Waals surface area contributed by atoms with E-state index >= 15 is 0 Å². The van der Waals surface area contributed by atoms with E-state index in [1.165, 1.54) is 0 Å². The summed E-state index contributed by atoms with van der Waals surface area (Å²) < 4.78 is 45.9. The van der Waals surface area contributed by atoms with Gasteiger partial charge in [0.05, 0.1) is 12.1 Å². The highest BCUT2D eigenvalue weighted by Gasteiger charge is 2.29. The number of halogens is 4. The minimum atomic E-state index is -4.53. The van der Waals surface area contributed by atoms with Gasteiger partial charge in [-0.15, -0.1) is 0 Å². The third-order valence-electron chi connectivity index (χ3n) is 3.83. The average Bonchev–Trinajstić information content (AvgIpc) is 2.69. The normalized spacial score (nSPS) is 11.1. The van der Waals surface area contributed by atoms with Crippen molar-refractivity contribution in [3.05, 3.63) is 58.2 Å². The fraction of sp³-hybridized carbons (Fsp3) is 0.350. The third-order valence-corrected chi connectivity index (χ3v) is 4.11. The van der Waals surface area contributed by atoms with E-state index in [-0.39, 0.29) is 29.6 Å². The Bertz CT molecular complexity index is 873. The highest BCUT2D eigenvalue weighted by atomic mass is 35.5. The minimum Gasteiger partial charge on any atom is -0.467 e. The van der Waals surface area contributed by atoms with Crippen molar-refractivity contribution in [3.8, 4) is 5.88 Å². The number of alkyl halides is 3. The molecule has 2 rings (SSSR count). The Labute approximate surface area is 176 Å². The first-order chi connectivity index (χ1) is 14.1. The van der Waals surface area contributed by atoms with Gasteiger partial charge in [0.2, 0.25) is 11.8 Å². The molecule has 30 heavy (non-hydrogen) atoms. The largest absolute Gasteiger partial charge is 0.467 e. The number of benzene rings is 1. The van der Waals surface area contributed by atoms with Gasteiger partial charge in [-0.25, -0.2) is 9.78 Å². The molecule has 0 aliphatic carbocycles. The summed E-state index contributed by atoms with van der Waals surface area (Å²) in [5.41, 5.74) is 2.14. The summed E-state index contributed by atoms with van der Waals surface area (Å²) in [4.78, 5) is 27.4. The summed E-state index contributed by atoms with van der Waals surface area (Å²) in [6.07, 6.45) is -2.64. The molecule has 1 heterocycles. The van der Waals surface area contributed by atoms with Crippen molar-refractivity contribution >= 4 is 23.5 Å². The highest BCUT2D eigenvalue weighted by Crippen LogP contribution is 2.25. The number of aromatic nitrogens is 1. The van der Waals surface area contributed by atoms with Gasteiger partial charge in [0.25, 0.3) is 0 Å². The number of hydrogen-bond acceptors (Lipinski definition) is 5. The van der Waals surface area contributed by atoms with Crippen LogP contribution in [0.25, 0.3) is 0 Å². The van der Waals surface area contributed by atoms with Gasteiger partial charge in [0.1, 0.15) is 11.6 Å². The number of carbonyl (C=O) groups excluding carboxylic acids is 2. The Kier molecular flexibility index (Phi) is 8.46. The van der Waals surface area contributed by atoms with Crippen molar-refractivity contribution in [1.82, 2.24) is 10.3 Å². The third kappa shape index (κ3) is 8.28. The molecule has 0 saturated carbocycles. The van der Waals surface area contributed by atoms with Crippen LogP contribution in [-0.2, 0) is 16.0 Å². The maximum atomic E-state index is 12.2. The Balaban J connectivity index is 1.70. The molecular formula is C20H20ClF3N2O4. The lowest BCUT2D eigenvalue weighted by atomic mass is 10.1. The second-order valence-electron chi connectivity index (χ2n) is 6.39. The zero-order chi connectivity index (χ0) is 22.1. The van der Waals surface area contributed by atoms with Crippen molar-refractivity contribution in [2.24, 2.45) is 0 Å². The monoisotopic (exact) mass is 444 g/mol. The molecule has 0 fully saturated rings. The van der Waals surface area contributed by atoms with E-state index in [0.717, 1.165) is 23.4 Å². The summed E-state index contributed by atoms with van der Waals surface area (Å²) in [7, 11) is 0. The van der Waals surface area contributed by atoms with Gasteiger partial charge in [-0.3, -0.25) is 4.79 Å². The summed E-state index contributed by atoms with van der Waals surface area (Å²) in [5, 5.41) is 2.39. The molecule has 0 spiro atoms. The van der Waals surface area contributed by atoms with Crippen LogP contribution in [0.15, 0.2) is 36.5 Å². The number of nitrogens with one attached hydrogen (secondary N) is 1. The van der Waals surface area contributed by atoms with Gasteiger partial charge >= 0.3 is 12.1 Å². The molecule has 0 aliphatic heterocycles. The van der Waals surface area contributed by atoms with E-state index < -0.39 is 24.6 Å². The number of esters is 1. The molecule has 1 aromatic carbocycles. The molecule has 0 unspecified atom stereocenters. The molecule has 1 N–H and O–H groups in total. The van der Waals surface area contributed by atoms with E-state index in [9.17, 15) is 22.8 Å². The van der Waals surface area contributed by atoms with Crippen LogP contribution in [0.5, 0.6) is 5.88 Å². The predicted octanol–water partition coefficient (Wildman–Crippen LogP) is 3.89. The van der Waals surface area contributed by atoms with Crippen LogP contribution in [0, 0.1) is 6.92 Å². The second kappa shape index (κ2) is 10.8. The van der Waals surface area contributed by atoms with Crippen molar-refractivity contribution in [2.45, 2.75) is 25.9 Å². The van der Waals surface area contributed by atoms with Crippen molar-refractivity contribution in [1.29, 1.82) is 0 Å². The van der Waals surface area contributed by atoms with Crippen LogP contribution < -0.4 is 10.1 Å². The topological polar surface area (TPSA) is 77.5 Å². The number of amides is 1. The van der Waals surface area contributed by atoms with Crippen LogP contribution in [0.4, 0.5) is 13.2 Å². The highest BCUT2D eigenvalue weighted by molar-refractivity contribution is 6.32. The quantitative estimate of drug-likeness (QED) is 0.469. The number of carbonyl (C=O) groups is 2. The van der Waals surface area contributed by atoms with Gasteiger partial charge in [-0.05, 0) is 25.0 Å². The van der Waals surface area contributed by atoms with Gasteiger partial charge in [0.15, 0.2) is 6.61 Å². The Morgan fingerprint density at radius 3 is 2.53 bits per heavy atom. The predicted molar refractivity (Wildman–Crippen MR) is 104 cm³/mol. The van der Waals surface area contributed by atoms with E-state index in [4.69, 9.17) is 16.3 Å². The fourth-order valence-corrected chi connectivity index (χ4v) is 2.53. The molecule has 0 saturated heterocycles. The lowest BCUT2D eigenvalue weighted by Gasteiger charge is -2.10. The first-order valence-corrected chi connectivity index (χ1v) is 9.36. The Morgan fingerprint density at radius 2 is 1.90 bits per heavy atom. The SMILES string of the molecule is Cc1ccc(CCC(=O)NCCOC(=O)c2cnc(OCC(F)(F)F)c(Cl)c2)cc1. The number of rotatable bonds is 9. The van der Waals surface area contributed by atoms with Crippen LogP contribution in [0.2, 0.25) is 5.02 Å². The van der Waals surface area contributed by atoms with Gasteiger partial charge in [0, 0.05) is 12.6 Å². The fourth-order valence-electron chi connectivity index (χ4n) is 2.31. The number of hydrogen-bond donors (Lipinski definition) is 1. The number of pyridine rings is 1. The summed E-state index contributed by atoms with van der Waals surface area (Å²) in [6, 6.07) is 8.97. The van der Waals surface area contributed by atoms with Crippen molar-refractivity contribution in [3.63, 3.8) is 0 Å². The number of nitrogens with zero attached hydrogens (tertiary/aromatic N) is 1. The van der Waals surface area contributed by atoms with E-state index in [1.54, 1.807) is 0 Å². The molecule has 0 radical (unpaired) electrons. The smallest absolute Gasteiger partial charge is 0.422 e. The minimum absolute atomic E-state index is 0.0509. The van der Waals surface area contributed by atoms with Gasteiger partial charge in [-0.2, -0.15) is 13.2 Å². The summed E-state index contributed by atoms with van der Waals surface area (Å²) >= 11 is 5.78. The molecule has 10 heteroatoms. The van der Waals surface area contributed by atoms with Gasteiger partial charge in [-0.1, -0.05) is 41.4 Å². The molecule has 0 atom stereocenters. The van der Waals surface area contributed by atoms with E-state index in [0.29, 0.717) is 12.8 Å². The molecule has 0 aliphatic rings. The lowest BCUT2D eigenvalue weighted by molar-refractivity contribution is -0.154. The van der Waals surface area contributed by atoms with E-state index in [1.807, 2.05) is 31.2 Å². The molecular weight excluding hydrogens is 425 g/mol. The first kappa shape index (κ1) is 23.5. The molecule has 162 valence electrons. The average molecular weight is 445 g/mol. The molecule has 2 aromatic rings. The first-order valence-electron chi connectivity index (χ1n) is 8.98. The summed E-state index contributed by atoms with van der Waals surface area (Å²) in [5.74, 6) is -1.39. The van der Waals surface area contributed by atoms with Crippen LogP contribution in [0.3, 0.4) is 0 Å². The summed E-state index contributed by atoms with van der Waals surface area (Å²) in [6.45, 7) is 0.469. The Morgan fingerprint density at radius 1 is 1.20 bits per heavy atom. The van der Waals surface area contributed by atoms with Crippen molar-refractivity contribution < 1.29 is 32.2 Å². The maximum absolute atomic E-state index is 12.2. The Hall–Kier alpha value is -2.81. The van der Waals surface area contributed by atoms with Crippen LogP contribution in [-0.4, -0.2) is 42.8 Å².